The van der Waals surface area contributed by atoms with E-state index in [4.69, 9.17) is 5.11 Å². The molecule has 3 N–H and O–H groups in total. The number of carbonyl (C=O) groups excluding carboxylic acids is 1. The predicted octanol–water partition coefficient (Wildman–Crippen LogP) is 4.65. The quantitative estimate of drug-likeness (QED) is 0.369. The van der Waals surface area contributed by atoms with Crippen LogP contribution in [0.1, 0.15) is 10.4 Å². The average Bonchev–Trinajstić information content (AvgIpc) is 2.75. The second-order valence-electron chi connectivity index (χ2n) is 7.34. The van der Waals surface area contributed by atoms with E-state index in [0.717, 1.165) is 24.3 Å². The van der Waals surface area contributed by atoms with Crippen LogP contribution in [0.2, 0.25) is 0 Å². The number of aromatic nitrogens is 1. The standard InChI is InChI=1S/C24H14F4N2O4/c25-15-2-11(3-16(26)7-15)14-1-13-6-19(12-4-17(27)8-18(28)5-12)23(33)21(22(13)29-9-14)24(34)30-10-20(31)32/h1-9,33H,10H2,(H,30,34)(H,31,32). The Balaban J connectivity index is 1.98. The molecule has 6 nitrogen and oxygen atoms in total. The van der Waals surface area contributed by atoms with Gasteiger partial charge in [0.2, 0.25) is 0 Å². The minimum atomic E-state index is -1.34. The number of benzene rings is 3. The van der Waals surface area contributed by atoms with Crippen molar-refractivity contribution in [3.05, 3.63) is 83.6 Å². The van der Waals surface area contributed by atoms with Crippen molar-refractivity contribution < 1.29 is 37.4 Å². The number of carboxylic acids is 1. The van der Waals surface area contributed by atoms with Crippen LogP contribution >= 0.6 is 0 Å². The van der Waals surface area contributed by atoms with Crippen molar-refractivity contribution in [2.24, 2.45) is 0 Å². The van der Waals surface area contributed by atoms with Crippen LogP contribution in [0.3, 0.4) is 0 Å². The summed E-state index contributed by atoms with van der Waals surface area (Å²) in [6.07, 6.45) is 1.21. The van der Waals surface area contributed by atoms with Crippen molar-refractivity contribution in [3.63, 3.8) is 0 Å². The number of phenols is 1. The number of carboxylic acid groups (broad SMARTS) is 1. The molecule has 172 valence electrons. The SMILES string of the molecule is O=C(O)CNC(=O)c1c(O)c(-c2cc(F)cc(F)c2)cc2cc(-c3cc(F)cc(F)c3)cnc12. The zero-order valence-corrected chi connectivity index (χ0v) is 17.1. The van der Waals surface area contributed by atoms with Gasteiger partial charge >= 0.3 is 5.97 Å². The van der Waals surface area contributed by atoms with E-state index in [-0.39, 0.29) is 33.2 Å². The number of pyridine rings is 1. The number of nitrogens with zero attached hydrogens (tertiary/aromatic N) is 1. The molecule has 0 radical (unpaired) electrons. The zero-order chi connectivity index (χ0) is 24.6. The molecule has 0 aliphatic rings. The Hall–Kier alpha value is -4.47. The molecule has 0 fully saturated rings. The van der Waals surface area contributed by atoms with Crippen molar-refractivity contribution in [2.75, 3.05) is 6.54 Å². The summed E-state index contributed by atoms with van der Waals surface area (Å²) in [5.41, 5.74) is -0.362. The van der Waals surface area contributed by atoms with Crippen LogP contribution in [0, 0.1) is 23.3 Å². The lowest BCUT2D eigenvalue weighted by atomic mass is 9.95. The van der Waals surface area contributed by atoms with Crippen LogP contribution in [-0.4, -0.2) is 33.6 Å². The first kappa shape index (κ1) is 22.7. The Bertz CT molecular complexity index is 1430. The Morgan fingerprint density at radius 1 is 0.794 bits per heavy atom. The van der Waals surface area contributed by atoms with Gasteiger partial charge in [0.05, 0.1) is 5.52 Å². The van der Waals surface area contributed by atoms with Crippen LogP contribution < -0.4 is 5.32 Å². The van der Waals surface area contributed by atoms with Crippen molar-refractivity contribution >= 4 is 22.8 Å². The molecular weight excluding hydrogens is 456 g/mol. The van der Waals surface area contributed by atoms with Gasteiger partial charge < -0.3 is 15.5 Å². The van der Waals surface area contributed by atoms with Crippen molar-refractivity contribution in [2.45, 2.75) is 0 Å². The lowest BCUT2D eigenvalue weighted by Gasteiger charge is -2.14. The number of amides is 1. The van der Waals surface area contributed by atoms with Gasteiger partial charge in [-0.25, -0.2) is 17.6 Å². The number of nitrogens with one attached hydrogen (secondary N) is 1. The number of hydrogen-bond acceptors (Lipinski definition) is 4. The highest BCUT2D eigenvalue weighted by Gasteiger charge is 2.23. The second kappa shape index (κ2) is 8.81. The van der Waals surface area contributed by atoms with Gasteiger partial charge in [-0.3, -0.25) is 14.6 Å². The lowest BCUT2D eigenvalue weighted by Crippen LogP contribution is -2.29. The molecule has 4 rings (SSSR count). The fourth-order valence-electron chi connectivity index (χ4n) is 3.54. The molecule has 4 aromatic rings. The Morgan fingerprint density at radius 3 is 1.91 bits per heavy atom. The third-order valence-electron chi connectivity index (χ3n) is 4.94. The summed E-state index contributed by atoms with van der Waals surface area (Å²) in [6, 6.07) is 8.04. The molecule has 34 heavy (non-hydrogen) atoms. The van der Waals surface area contributed by atoms with Gasteiger partial charge in [0.1, 0.15) is 41.1 Å². The van der Waals surface area contributed by atoms with Gasteiger partial charge in [0, 0.05) is 34.8 Å². The lowest BCUT2D eigenvalue weighted by molar-refractivity contribution is -0.135. The van der Waals surface area contributed by atoms with Crippen molar-refractivity contribution in [1.82, 2.24) is 10.3 Å². The fourth-order valence-corrected chi connectivity index (χ4v) is 3.54. The highest BCUT2D eigenvalue weighted by atomic mass is 19.1. The largest absolute Gasteiger partial charge is 0.506 e. The van der Waals surface area contributed by atoms with E-state index in [1.54, 1.807) is 0 Å². The summed E-state index contributed by atoms with van der Waals surface area (Å²) in [5.74, 6) is -6.56. The molecule has 1 amide bonds. The molecule has 1 aromatic heterocycles. The van der Waals surface area contributed by atoms with E-state index in [0.29, 0.717) is 12.1 Å². The third-order valence-corrected chi connectivity index (χ3v) is 4.94. The first-order valence-electron chi connectivity index (χ1n) is 9.71. The van der Waals surface area contributed by atoms with Crippen LogP contribution in [0.4, 0.5) is 17.6 Å². The third kappa shape index (κ3) is 4.51. The summed E-state index contributed by atoms with van der Waals surface area (Å²) in [7, 11) is 0. The number of phenolic OH excluding ortho intramolecular Hbond substituents is 1. The number of halogens is 4. The number of rotatable bonds is 5. The molecule has 3 aromatic carbocycles. The van der Waals surface area contributed by atoms with E-state index in [1.165, 1.54) is 18.3 Å². The van der Waals surface area contributed by atoms with Crippen LogP contribution in [0.25, 0.3) is 33.2 Å². The van der Waals surface area contributed by atoms with E-state index in [9.17, 15) is 32.3 Å². The monoisotopic (exact) mass is 470 g/mol. The van der Waals surface area contributed by atoms with E-state index in [2.05, 4.69) is 10.3 Å². The first-order valence-corrected chi connectivity index (χ1v) is 9.71. The molecule has 0 saturated carbocycles. The molecule has 0 bridgehead atoms. The van der Waals surface area contributed by atoms with Gasteiger partial charge in [0.15, 0.2) is 0 Å². The van der Waals surface area contributed by atoms with Gasteiger partial charge in [-0.2, -0.15) is 0 Å². The summed E-state index contributed by atoms with van der Waals surface area (Å²) in [6.45, 7) is -0.765. The van der Waals surface area contributed by atoms with Crippen molar-refractivity contribution in [3.8, 4) is 28.0 Å². The van der Waals surface area contributed by atoms with Gasteiger partial charge in [-0.15, -0.1) is 0 Å². The topological polar surface area (TPSA) is 99.5 Å². The maximum absolute atomic E-state index is 13.8. The van der Waals surface area contributed by atoms with E-state index >= 15 is 0 Å². The Morgan fingerprint density at radius 2 is 1.35 bits per heavy atom. The summed E-state index contributed by atoms with van der Waals surface area (Å²) in [5, 5.41) is 22.0. The summed E-state index contributed by atoms with van der Waals surface area (Å²) >= 11 is 0. The average molecular weight is 470 g/mol. The molecule has 0 spiro atoms. The van der Waals surface area contributed by atoms with Crippen LogP contribution in [-0.2, 0) is 4.79 Å². The van der Waals surface area contributed by atoms with Crippen molar-refractivity contribution in [1.29, 1.82) is 0 Å². The number of carbonyl (C=O) groups is 2. The fraction of sp³-hybridized carbons (Fsp3) is 0.0417. The summed E-state index contributed by atoms with van der Waals surface area (Å²) < 4.78 is 55.1. The molecular formula is C24H14F4N2O4. The van der Waals surface area contributed by atoms with E-state index in [1.807, 2.05) is 0 Å². The summed E-state index contributed by atoms with van der Waals surface area (Å²) in [4.78, 5) is 27.7. The smallest absolute Gasteiger partial charge is 0.322 e. The predicted molar refractivity (Wildman–Crippen MR) is 114 cm³/mol. The van der Waals surface area contributed by atoms with Crippen LogP contribution in [0.5, 0.6) is 5.75 Å². The van der Waals surface area contributed by atoms with E-state index < -0.39 is 53.0 Å². The first-order chi connectivity index (χ1) is 16.1. The number of fused-ring (bicyclic) bond motifs is 1. The Kier molecular flexibility index (Phi) is 5.89. The van der Waals surface area contributed by atoms with Gasteiger partial charge in [-0.1, -0.05) is 0 Å². The molecule has 0 atom stereocenters. The minimum absolute atomic E-state index is 0.0679. The molecule has 0 unspecified atom stereocenters. The molecule has 10 heteroatoms. The van der Waals surface area contributed by atoms with Crippen LogP contribution in [0.15, 0.2) is 54.7 Å². The second-order valence-corrected chi connectivity index (χ2v) is 7.34. The minimum Gasteiger partial charge on any atom is -0.506 e. The number of hydrogen-bond donors (Lipinski definition) is 3. The molecule has 0 aliphatic heterocycles. The zero-order valence-electron chi connectivity index (χ0n) is 17.1. The highest BCUT2D eigenvalue weighted by molar-refractivity contribution is 6.11. The number of aliphatic carboxylic acids is 1. The maximum atomic E-state index is 13.8. The Labute approximate surface area is 189 Å². The molecule has 1 heterocycles. The van der Waals surface area contributed by atoms with Gasteiger partial charge in [0.25, 0.3) is 5.91 Å². The highest BCUT2D eigenvalue weighted by Crippen LogP contribution is 2.39. The maximum Gasteiger partial charge on any atom is 0.322 e. The number of aromatic hydroxyl groups is 1. The molecule has 0 saturated heterocycles. The molecule has 0 aliphatic carbocycles. The normalized spacial score (nSPS) is 10.9. The van der Waals surface area contributed by atoms with Gasteiger partial charge in [-0.05, 0) is 47.5 Å².